The first-order valence-electron chi connectivity index (χ1n) is 9.60. The van der Waals surface area contributed by atoms with E-state index in [0.29, 0.717) is 39.7 Å². The van der Waals surface area contributed by atoms with Crippen molar-refractivity contribution in [3.63, 3.8) is 0 Å². The molecule has 1 aliphatic heterocycles. The van der Waals surface area contributed by atoms with Gasteiger partial charge in [-0.15, -0.1) is 10.2 Å². The van der Waals surface area contributed by atoms with Crippen molar-refractivity contribution in [2.75, 3.05) is 17.3 Å². The number of halogens is 2. The Bertz CT molecular complexity index is 1040. The van der Waals surface area contributed by atoms with E-state index in [-0.39, 0.29) is 18.4 Å². The number of benzene rings is 2. The third-order valence-electron chi connectivity index (χ3n) is 4.87. The summed E-state index contributed by atoms with van der Waals surface area (Å²) in [5.41, 5.74) is 1.00. The van der Waals surface area contributed by atoms with Crippen LogP contribution in [0, 0.1) is 0 Å². The number of amides is 1. The molecule has 0 bridgehead atoms. The fourth-order valence-corrected chi connectivity index (χ4v) is 4.60. The molecule has 30 heavy (non-hydrogen) atoms. The normalized spacial score (nSPS) is 14.3. The zero-order chi connectivity index (χ0) is 21.1. The second-order valence-electron chi connectivity index (χ2n) is 6.76. The molecule has 1 aliphatic rings. The lowest BCUT2D eigenvalue weighted by atomic mass is 9.95. The van der Waals surface area contributed by atoms with Gasteiger partial charge in [-0.1, -0.05) is 72.2 Å². The lowest BCUT2D eigenvalue weighted by Crippen LogP contribution is -2.48. The molecule has 9 heteroatoms. The molecule has 156 valence electrons. The Morgan fingerprint density at radius 3 is 2.77 bits per heavy atom. The molecule has 0 N–H and O–H groups in total. The van der Waals surface area contributed by atoms with Crippen molar-refractivity contribution in [1.82, 2.24) is 14.9 Å². The molecule has 3 aromatic rings. The van der Waals surface area contributed by atoms with Crippen LogP contribution in [0.4, 0.5) is 0 Å². The van der Waals surface area contributed by atoms with Crippen LogP contribution in [0.1, 0.15) is 30.7 Å². The van der Waals surface area contributed by atoms with E-state index in [1.165, 1.54) is 0 Å². The highest BCUT2D eigenvalue weighted by Crippen LogP contribution is 2.30. The van der Waals surface area contributed by atoms with Gasteiger partial charge in [0.25, 0.3) is 0 Å². The van der Waals surface area contributed by atoms with E-state index in [0.717, 1.165) is 11.3 Å². The maximum Gasteiger partial charge on any atom is 0.249 e. The molecule has 0 saturated heterocycles. The summed E-state index contributed by atoms with van der Waals surface area (Å²) in [6, 6.07) is 14.9. The van der Waals surface area contributed by atoms with Gasteiger partial charge >= 0.3 is 0 Å². The maximum atomic E-state index is 13.5. The molecule has 2 aromatic carbocycles. The summed E-state index contributed by atoms with van der Waals surface area (Å²) in [6.45, 7) is 2.70. The number of ether oxygens (including phenoxy) is 1. The molecule has 6 nitrogen and oxygen atoms in total. The Hall–Kier alpha value is -2.22. The van der Waals surface area contributed by atoms with E-state index >= 15 is 0 Å². The fourth-order valence-electron chi connectivity index (χ4n) is 3.40. The van der Waals surface area contributed by atoms with Gasteiger partial charge in [-0.3, -0.25) is 4.79 Å². The van der Waals surface area contributed by atoms with E-state index < -0.39 is 0 Å². The van der Waals surface area contributed by atoms with Crippen LogP contribution in [0.25, 0.3) is 0 Å². The average Bonchev–Trinajstić information content (AvgIpc) is 3.19. The molecule has 2 heterocycles. The third kappa shape index (κ3) is 4.29. The van der Waals surface area contributed by atoms with Crippen LogP contribution < -0.4 is 9.75 Å². The number of hydrogen-bond donors (Lipinski definition) is 0. The number of carbonyl (C=O) groups is 1. The first-order valence-corrected chi connectivity index (χ1v) is 11.3. The monoisotopic (exact) mass is 462 g/mol. The number of hydrogen-bond acceptors (Lipinski definition) is 5. The van der Waals surface area contributed by atoms with E-state index in [1.54, 1.807) is 39.6 Å². The summed E-state index contributed by atoms with van der Waals surface area (Å²) in [4.78, 5) is 13.5. The number of fused-ring (bicyclic) bond motifs is 1. The number of rotatable bonds is 6. The lowest BCUT2D eigenvalue weighted by Gasteiger charge is -2.32. The Morgan fingerprint density at radius 1 is 1.20 bits per heavy atom. The standard InChI is InChI=1S/C21H20Cl2N4O2S/c1-2-16(14-6-4-3-5-7-14)20(28)26-10-11-30-21-25-24-19(27(21)26)13-29-18-12-15(22)8-9-17(18)23/h3-9,12,16H,2,10-11,13H2,1H3/t16-/m0/s1. The number of aromatic nitrogens is 3. The Morgan fingerprint density at radius 2 is 2.00 bits per heavy atom. The molecule has 0 radical (unpaired) electrons. The van der Waals surface area contributed by atoms with Gasteiger partial charge in [-0.05, 0) is 24.1 Å². The number of nitrogens with zero attached hydrogens (tertiary/aromatic N) is 4. The molecule has 1 amide bonds. The van der Waals surface area contributed by atoms with Crippen LogP contribution in [-0.2, 0) is 11.4 Å². The van der Waals surface area contributed by atoms with Crippen molar-refractivity contribution in [3.05, 3.63) is 70.0 Å². The largest absolute Gasteiger partial charge is 0.484 e. The molecule has 1 aromatic heterocycles. The van der Waals surface area contributed by atoms with Gasteiger partial charge in [-0.2, -0.15) is 0 Å². The Kier molecular flexibility index (Phi) is 6.51. The molecule has 0 fully saturated rings. The van der Waals surface area contributed by atoms with Gasteiger partial charge in [0.1, 0.15) is 12.4 Å². The van der Waals surface area contributed by atoms with Crippen molar-refractivity contribution in [3.8, 4) is 5.75 Å². The van der Waals surface area contributed by atoms with E-state index in [4.69, 9.17) is 27.9 Å². The van der Waals surface area contributed by atoms with Crippen LogP contribution in [-0.4, -0.2) is 33.1 Å². The minimum Gasteiger partial charge on any atom is -0.484 e. The van der Waals surface area contributed by atoms with Gasteiger partial charge in [0.05, 0.1) is 17.5 Å². The molecule has 0 spiro atoms. The van der Waals surface area contributed by atoms with Gasteiger partial charge in [0.2, 0.25) is 11.1 Å². The van der Waals surface area contributed by atoms with E-state index in [9.17, 15) is 4.79 Å². The summed E-state index contributed by atoms with van der Waals surface area (Å²) >= 11 is 13.8. The molecule has 0 aliphatic carbocycles. The fraction of sp³-hybridized carbons (Fsp3) is 0.286. The quantitative estimate of drug-likeness (QED) is 0.519. The van der Waals surface area contributed by atoms with Crippen LogP contribution >= 0.6 is 35.0 Å². The second kappa shape index (κ2) is 9.29. The maximum absolute atomic E-state index is 13.5. The van der Waals surface area contributed by atoms with Gasteiger partial charge in [-0.25, -0.2) is 9.69 Å². The first-order chi connectivity index (χ1) is 14.6. The summed E-state index contributed by atoms with van der Waals surface area (Å²) in [6.07, 6.45) is 0.702. The van der Waals surface area contributed by atoms with E-state index in [2.05, 4.69) is 10.2 Å². The molecular formula is C21H20Cl2N4O2S. The zero-order valence-corrected chi connectivity index (χ0v) is 18.6. The molecule has 0 unspecified atom stereocenters. The SMILES string of the molecule is CC[C@H](C(=O)N1CCSc2nnc(COc3cc(Cl)ccc3Cl)n21)c1ccccc1. The van der Waals surface area contributed by atoms with Crippen molar-refractivity contribution < 1.29 is 9.53 Å². The van der Waals surface area contributed by atoms with Crippen molar-refractivity contribution >= 4 is 40.9 Å². The minimum absolute atomic E-state index is 0.0205. The van der Waals surface area contributed by atoms with Crippen LogP contribution in [0.15, 0.2) is 53.7 Å². The average molecular weight is 463 g/mol. The molecule has 4 rings (SSSR count). The zero-order valence-electron chi connectivity index (χ0n) is 16.3. The third-order valence-corrected chi connectivity index (χ3v) is 6.31. The van der Waals surface area contributed by atoms with Crippen molar-refractivity contribution in [2.24, 2.45) is 0 Å². The van der Waals surface area contributed by atoms with E-state index in [1.807, 2.05) is 37.3 Å². The highest BCUT2D eigenvalue weighted by Gasteiger charge is 2.32. The summed E-state index contributed by atoms with van der Waals surface area (Å²) in [7, 11) is 0. The summed E-state index contributed by atoms with van der Waals surface area (Å²) < 4.78 is 7.61. The highest BCUT2D eigenvalue weighted by molar-refractivity contribution is 7.99. The molecule has 0 saturated carbocycles. The van der Waals surface area contributed by atoms with Gasteiger partial charge in [0, 0.05) is 16.8 Å². The predicted molar refractivity (Wildman–Crippen MR) is 119 cm³/mol. The molecular weight excluding hydrogens is 443 g/mol. The Labute approximate surface area is 189 Å². The smallest absolute Gasteiger partial charge is 0.249 e. The van der Waals surface area contributed by atoms with Gasteiger partial charge < -0.3 is 4.74 Å². The van der Waals surface area contributed by atoms with Crippen molar-refractivity contribution in [1.29, 1.82) is 0 Å². The topological polar surface area (TPSA) is 60.3 Å². The summed E-state index contributed by atoms with van der Waals surface area (Å²) in [5.74, 6) is 1.53. The summed E-state index contributed by atoms with van der Waals surface area (Å²) in [5, 5.41) is 11.9. The van der Waals surface area contributed by atoms with Crippen LogP contribution in [0.2, 0.25) is 10.0 Å². The van der Waals surface area contributed by atoms with Crippen molar-refractivity contribution in [2.45, 2.75) is 31.0 Å². The number of thioether (sulfide) groups is 1. The van der Waals surface area contributed by atoms with Crippen LogP contribution in [0.5, 0.6) is 5.75 Å². The minimum atomic E-state index is -0.235. The van der Waals surface area contributed by atoms with Crippen LogP contribution in [0.3, 0.4) is 0 Å². The number of carbonyl (C=O) groups excluding carboxylic acids is 1. The highest BCUT2D eigenvalue weighted by atomic mass is 35.5. The first kappa shape index (κ1) is 21.0. The lowest BCUT2D eigenvalue weighted by molar-refractivity contribution is -0.121. The van der Waals surface area contributed by atoms with Gasteiger partial charge in [0.15, 0.2) is 5.82 Å². The predicted octanol–water partition coefficient (Wildman–Crippen LogP) is 4.93. The second-order valence-corrected chi connectivity index (χ2v) is 8.66. The Balaban J connectivity index is 1.60. The molecule has 1 atom stereocenters.